The Morgan fingerprint density at radius 1 is 1.26 bits per heavy atom. The molecular weight excluding hydrogens is 328 g/mol. The Balaban J connectivity index is 2.27. The van der Waals surface area contributed by atoms with Crippen molar-refractivity contribution < 1.29 is 4.74 Å². The lowest BCUT2D eigenvalue weighted by Crippen LogP contribution is -1.97. The van der Waals surface area contributed by atoms with Gasteiger partial charge < -0.3 is 15.8 Å². The lowest BCUT2D eigenvalue weighted by molar-refractivity contribution is 0.340. The molecule has 0 aromatic heterocycles. The molecule has 0 aliphatic rings. The van der Waals surface area contributed by atoms with Crippen molar-refractivity contribution in [2.75, 3.05) is 17.7 Å². The highest BCUT2D eigenvalue weighted by molar-refractivity contribution is 9.10. The highest BCUT2D eigenvalue weighted by Gasteiger charge is 2.04. The predicted molar refractivity (Wildman–Crippen MR) is 84.5 cm³/mol. The van der Waals surface area contributed by atoms with Gasteiger partial charge in [-0.25, -0.2) is 0 Å². The number of nitrogen functional groups attached to an aromatic ring is 1. The largest absolute Gasteiger partial charge is 0.494 e. The summed E-state index contributed by atoms with van der Waals surface area (Å²) in [6.07, 6.45) is 0. The number of ether oxygens (including phenoxy) is 1. The molecule has 5 heteroatoms. The molecule has 0 spiro atoms. The molecule has 0 bridgehead atoms. The van der Waals surface area contributed by atoms with Crippen molar-refractivity contribution in [2.45, 2.75) is 6.92 Å². The van der Waals surface area contributed by atoms with Gasteiger partial charge in [0.1, 0.15) is 5.75 Å². The van der Waals surface area contributed by atoms with Gasteiger partial charge in [-0.15, -0.1) is 0 Å². The molecule has 0 fully saturated rings. The Kier molecular flexibility index (Phi) is 4.56. The molecule has 0 saturated carbocycles. The van der Waals surface area contributed by atoms with E-state index < -0.39 is 0 Å². The van der Waals surface area contributed by atoms with E-state index in [-0.39, 0.29) is 0 Å². The average molecular weight is 342 g/mol. The summed E-state index contributed by atoms with van der Waals surface area (Å²) in [5.41, 5.74) is 8.14. The van der Waals surface area contributed by atoms with Gasteiger partial charge in [0.05, 0.1) is 17.3 Å². The van der Waals surface area contributed by atoms with Crippen molar-refractivity contribution >= 4 is 44.6 Å². The van der Waals surface area contributed by atoms with E-state index in [9.17, 15) is 0 Å². The number of nitrogens with two attached hydrogens (primary N) is 1. The van der Waals surface area contributed by atoms with Crippen LogP contribution in [0.5, 0.6) is 5.75 Å². The van der Waals surface area contributed by atoms with E-state index in [2.05, 4.69) is 21.2 Å². The third-order valence-electron chi connectivity index (χ3n) is 2.45. The van der Waals surface area contributed by atoms with E-state index in [0.29, 0.717) is 17.3 Å². The molecule has 0 radical (unpaired) electrons. The molecular formula is C14H14BrClN2O. The summed E-state index contributed by atoms with van der Waals surface area (Å²) in [6.45, 7) is 2.53. The number of hydrogen-bond acceptors (Lipinski definition) is 3. The summed E-state index contributed by atoms with van der Waals surface area (Å²) < 4.78 is 6.39. The molecule has 0 atom stereocenters. The number of halogens is 2. The molecule has 2 aromatic rings. The first-order valence-corrected chi connectivity index (χ1v) is 7.01. The Hall–Kier alpha value is -1.39. The molecule has 19 heavy (non-hydrogen) atoms. The first-order chi connectivity index (χ1) is 9.08. The lowest BCUT2D eigenvalue weighted by atomic mass is 10.2. The van der Waals surface area contributed by atoms with Crippen molar-refractivity contribution in [3.63, 3.8) is 0 Å². The Labute approximate surface area is 125 Å². The minimum atomic E-state index is 0.599. The summed E-state index contributed by atoms with van der Waals surface area (Å²) >= 11 is 9.54. The SMILES string of the molecule is CCOc1cc(N)cc(Nc2ccc(Br)cc2Cl)c1. The summed E-state index contributed by atoms with van der Waals surface area (Å²) in [4.78, 5) is 0. The standard InChI is InChI=1S/C14H14BrClN2O/c1-2-19-12-7-10(17)6-11(8-12)18-14-4-3-9(15)5-13(14)16/h3-8,18H,2,17H2,1H3. The predicted octanol–water partition coefficient (Wildman–Crippen LogP) is 4.83. The molecule has 100 valence electrons. The molecule has 0 heterocycles. The zero-order chi connectivity index (χ0) is 13.8. The maximum Gasteiger partial charge on any atom is 0.123 e. The van der Waals surface area contributed by atoms with E-state index >= 15 is 0 Å². The van der Waals surface area contributed by atoms with Gasteiger partial charge in [-0.3, -0.25) is 0 Å². The number of benzene rings is 2. The molecule has 0 amide bonds. The Morgan fingerprint density at radius 2 is 2.05 bits per heavy atom. The van der Waals surface area contributed by atoms with Gasteiger partial charge in [0.25, 0.3) is 0 Å². The Morgan fingerprint density at radius 3 is 2.74 bits per heavy atom. The van der Waals surface area contributed by atoms with Crippen LogP contribution in [0.25, 0.3) is 0 Å². The second-order valence-electron chi connectivity index (χ2n) is 3.97. The minimum absolute atomic E-state index is 0.599. The van der Waals surface area contributed by atoms with Gasteiger partial charge in [0, 0.05) is 28.0 Å². The molecule has 2 aromatic carbocycles. The van der Waals surface area contributed by atoms with Gasteiger partial charge in [-0.2, -0.15) is 0 Å². The monoisotopic (exact) mass is 340 g/mol. The quantitative estimate of drug-likeness (QED) is 0.783. The summed E-state index contributed by atoms with van der Waals surface area (Å²) in [7, 11) is 0. The number of rotatable bonds is 4. The van der Waals surface area contributed by atoms with Crippen LogP contribution >= 0.6 is 27.5 Å². The Bertz CT molecular complexity index is 590. The van der Waals surface area contributed by atoms with Crippen LogP contribution in [-0.2, 0) is 0 Å². The third kappa shape index (κ3) is 3.78. The maximum absolute atomic E-state index is 6.17. The number of hydrogen-bond donors (Lipinski definition) is 2. The summed E-state index contributed by atoms with van der Waals surface area (Å²) in [5, 5.41) is 3.86. The van der Waals surface area contributed by atoms with Crippen LogP contribution in [0.15, 0.2) is 40.9 Å². The van der Waals surface area contributed by atoms with Crippen molar-refractivity contribution in [2.24, 2.45) is 0 Å². The van der Waals surface area contributed by atoms with E-state index in [1.54, 1.807) is 6.07 Å². The summed E-state index contributed by atoms with van der Waals surface area (Å²) in [5.74, 6) is 0.734. The number of anilines is 3. The molecule has 0 aliphatic carbocycles. The van der Waals surface area contributed by atoms with Crippen LogP contribution in [0.1, 0.15) is 6.92 Å². The molecule has 3 N–H and O–H groups in total. The molecule has 2 rings (SSSR count). The van der Waals surface area contributed by atoms with E-state index in [0.717, 1.165) is 21.6 Å². The highest BCUT2D eigenvalue weighted by atomic mass is 79.9. The smallest absolute Gasteiger partial charge is 0.123 e. The fraction of sp³-hybridized carbons (Fsp3) is 0.143. The fourth-order valence-corrected chi connectivity index (χ4v) is 2.41. The van der Waals surface area contributed by atoms with Gasteiger partial charge >= 0.3 is 0 Å². The number of nitrogens with one attached hydrogen (secondary N) is 1. The first kappa shape index (κ1) is 14.0. The van der Waals surface area contributed by atoms with Crippen LogP contribution in [0.2, 0.25) is 5.02 Å². The van der Waals surface area contributed by atoms with Crippen LogP contribution in [-0.4, -0.2) is 6.61 Å². The molecule has 0 saturated heterocycles. The van der Waals surface area contributed by atoms with Crippen molar-refractivity contribution in [1.82, 2.24) is 0 Å². The minimum Gasteiger partial charge on any atom is -0.494 e. The lowest BCUT2D eigenvalue weighted by Gasteiger charge is -2.11. The van der Waals surface area contributed by atoms with Gasteiger partial charge in [-0.05, 0) is 31.2 Å². The van der Waals surface area contributed by atoms with Crippen LogP contribution in [0.3, 0.4) is 0 Å². The van der Waals surface area contributed by atoms with Crippen LogP contribution in [0.4, 0.5) is 17.1 Å². The molecule has 3 nitrogen and oxygen atoms in total. The highest BCUT2D eigenvalue weighted by Crippen LogP contribution is 2.30. The van der Waals surface area contributed by atoms with Gasteiger partial charge in [-0.1, -0.05) is 27.5 Å². The summed E-state index contributed by atoms with van der Waals surface area (Å²) in [6, 6.07) is 11.2. The first-order valence-electron chi connectivity index (χ1n) is 5.84. The van der Waals surface area contributed by atoms with Crippen LogP contribution < -0.4 is 15.8 Å². The van der Waals surface area contributed by atoms with Gasteiger partial charge in [0.15, 0.2) is 0 Å². The second-order valence-corrected chi connectivity index (χ2v) is 5.30. The van der Waals surface area contributed by atoms with Crippen molar-refractivity contribution in [1.29, 1.82) is 0 Å². The van der Waals surface area contributed by atoms with E-state index in [1.165, 1.54) is 0 Å². The fourth-order valence-electron chi connectivity index (χ4n) is 1.69. The van der Waals surface area contributed by atoms with E-state index in [1.807, 2.05) is 37.3 Å². The molecule has 0 aliphatic heterocycles. The van der Waals surface area contributed by atoms with Gasteiger partial charge in [0.2, 0.25) is 0 Å². The van der Waals surface area contributed by atoms with E-state index in [4.69, 9.17) is 22.1 Å². The maximum atomic E-state index is 6.17. The third-order valence-corrected chi connectivity index (χ3v) is 3.26. The van der Waals surface area contributed by atoms with Crippen LogP contribution in [0, 0.1) is 0 Å². The van der Waals surface area contributed by atoms with Crippen molar-refractivity contribution in [3.8, 4) is 5.75 Å². The zero-order valence-electron chi connectivity index (χ0n) is 10.4. The van der Waals surface area contributed by atoms with Crippen molar-refractivity contribution in [3.05, 3.63) is 45.9 Å². The average Bonchev–Trinajstić information content (AvgIpc) is 2.32. The second kappa shape index (κ2) is 6.17. The topological polar surface area (TPSA) is 47.3 Å². The normalized spacial score (nSPS) is 10.3. The molecule has 0 unspecified atom stereocenters. The zero-order valence-corrected chi connectivity index (χ0v) is 12.8.